The van der Waals surface area contributed by atoms with Gasteiger partial charge >= 0.3 is 5.97 Å². The van der Waals surface area contributed by atoms with Gasteiger partial charge in [-0.3, -0.25) is 4.79 Å². The molecule has 0 heterocycles. The van der Waals surface area contributed by atoms with Crippen LogP contribution in [0.4, 0.5) is 0 Å². The maximum atomic E-state index is 11.5. The van der Waals surface area contributed by atoms with Crippen LogP contribution in [0, 0.1) is 5.92 Å². The molecule has 1 aromatic rings. The molecule has 16 heavy (non-hydrogen) atoms. The molecule has 88 valence electrons. The number of benzene rings is 1. The van der Waals surface area contributed by atoms with Crippen LogP contribution in [0.1, 0.15) is 25.8 Å². The summed E-state index contributed by atoms with van der Waals surface area (Å²) >= 11 is 0. The van der Waals surface area contributed by atoms with Crippen LogP contribution < -0.4 is 0 Å². The summed E-state index contributed by atoms with van der Waals surface area (Å²) in [6.07, 6.45) is 1.34. The summed E-state index contributed by atoms with van der Waals surface area (Å²) in [6.45, 7) is 4.23. The van der Waals surface area contributed by atoms with Crippen LogP contribution in [0.25, 0.3) is 0 Å². The van der Waals surface area contributed by atoms with Gasteiger partial charge in [0.1, 0.15) is 5.75 Å². The van der Waals surface area contributed by atoms with Gasteiger partial charge in [0.2, 0.25) is 0 Å². The van der Waals surface area contributed by atoms with Gasteiger partial charge in [-0.2, -0.15) is 0 Å². The second-order valence-electron chi connectivity index (χ2n) is 3.90. The molecule has 0 bridgehead atoms. The standard InChI is InChI=1S/C13H18O3/c1-3-8-16-13(15)10(2)9-11-6-4-5-7-12(11)14/h4-7,10,14H,3,8-9H2,1-2H3. The van der Waals surface area contributed by atoms with Crippen molar-refractivity contribution >= 4 is 5.97 Å². The Morgan fingerprint density at radius 1 is 1.44 bits per heavy atom. The largest absolute Gasteiger partial charge is 0.508 e. The van der Waals surface area contributed by atoms with Gasteiger partial charge < -0.3 is 9.84 Å². The van der Waals surface area contributed by atoms with Crippen molar-refractivity contribution in [2.75, 3.05) is 6.61 Å². The molecule has 1 N–H and O–H groups in total. The van der Waals surface area contributed by atoms with Crippen LogP contribution in [0.5, 0.6) is 5.75 Å². The summed E-state index contributed by atoms with van der Waals surface area (Å²) in [7, 11) is 0. The highest BCUT2D eigenvalue weighted by atomic mass is 16.5. The minimum Gasteiger partial charge on any atom is -0.508 e. The van der Waals surface area contributed by atoms with E-state index in [9.17, 15) is 9.90 Å². The van der Waals surface area contributed by atoms with E-state index in [2.05, 4.69) is 0 Å². The molecule has 0 radical (unpaired) electrons. The van der Waals surface area contributed by atoms with E-state index in [1.165, 1.54) is 0 Å². The molecule has 1 unspecified atom stereocenters. The number of hydrogen-bond acceptors (Lipinski definition) is 3. The Bertz CT molecular complexity index is 347. The van der Waals surface area contributed by atoms with E-state index in [0.29, 0.717) is 13.0 Å². The quantitative estimate of drug-likeness (QED) is 0.779. The third-order valence-electron chi connectivity index (χ3n) is 2.37. The zero-order valence-electron chi connectivity index (χ0n) is 9.77. The molecule has 0 fully saturated rings. The predicted molar refractivity (Wildman–Crippen MR) is 62.2 cm³/mol. The second-order valence-corrected chi connectivity index (χ2v) is 3.90. The van der Waals surface area contributed by atoms with E-state index in [1.54, 1.807) is 12.1 Å². The molecule has 1 rings (SSSR count). The molecule has 0 spiro atoms. The number of carbonyl (C=O) groups excluding carboxylic acids is 1. The lowest BCUT2D eigenvalue weighted by Gasteiger charge is -2.11. The van der Waals surface area contributed by atoms with Crippen molar-refractivity contribution < 1.29 is 14.6 Å². The maximum Gasteiger partial charge on any atom is 0.308 e. The Labute approximate surface area is 96.1 Å². The highest BCUT2D eigenvalue weighted by Gasteiger charge is 2.16. The number of hydrogen-bond donors (Lipinski definition) is 1. The Balaban J connectivity index is 2.54. The van der Waals surface area contributed by atoms with Crippen LogP contribution in [0.15, 0.2) is 24.3 Å². The van der Waals surface area contributed by atoms with Crippen molar-refractivity contribution in [3.8, 4) is 5.75 Å². The number of carbonyl (C=O) groups is 1. The molecule has 1 atom stereocenters. The van der Waals surface area contributed by atoms with Gasteiger partial charge in [-0.25, -0.2) is 0 Å². The SMILES string of the molecule is CCCOC(=O)C(C)Cc1ccccc1O. The highest BCUT2D eigenvalue weighted by molar-refractivity contribution is 5.72. The van der Waals surface area contributed by atoms with Crippen molar-refractivity contribution in [3.05, 3.63) is 29.8 Å². The third kappa shape index (κ3) is 3.57. The Kier molecular flexibility index (Phi) is 4.83. The first kappa shape index (κ1) is 12.6. The Morgan fingerprint density at radius 3 is 2.75 bits per heavy atom. The van der Waals surface area contributed by atoms with Gasteiger partial charge in [-0.05, 0) is 24.5 Å². The molecular formula is C13H18O3. The number of aromatic hydroxyl groups is 1. The number of rotatable bonds is 5. The van der Waals surface area contributed by atoms with Crippen molar-refractivity contribution in [1.29, 1.82) is 0 Å². The van der Waals surface area contributed by atoms with Crippen LogP contribution in [0.3, 0.4) is 0 Å². The lowest BCUT2D eigenvalue weighted by atomic mass is 10.0. The number of phenolic OH excluding ortho intramolecular Hbond substituents is 1. The normalized spacial score (nSPS) is 12.1. The minimum absolute atomic E-state index is 0.204. The van der Waals surface area contributed by atoms with E-state index < -0.39 is 0 Å². The monoisotopic (exact) mass is 222 g/mol. The first-order valence-corrected chi connectivity index (χ1v) is 5.58. The topological polar surface area (TPSA) is 46.5 Å². The van der Waals surface area contributed by atoms with Gasteiger partial charge in [0.05, 0.1) is 12.5 Å². The molecule has 3 nitrogen and oxygen atoms in total. The van der Waals surface area contributed by atoms with Gasteiger partial charge in [-0.15, -0.1) is 0 Å². The molecule has 0 amide bonds. The number of para-hydroxylation sites is 1. The fourth-order valence-electron chi connectivity index (χ4n) is 1.44. The molecule has 0 aliphatic heterocycles. The first-order chi connectivity index (χ1) is 7.65. The summed E-state index contributed by atoms with van der Waals surface area (Å²) in [5.74, 6) is -0.192. The molecule has 0 saturated carbocycles. The molecule has 0 saturated heterocycles. The summed E-state index contributed by atoms with van der Waals surface area (Å²) in [5, 5.41) is 9.57. The highest BCUT2D eigenvalue weighted by Crippen LogP contribution is 2.20. The van der Waals surface area contributed by atoms with Crippen molar-refractivity contribution in [2.24, 2.45) is 5.92 Å². The molecule has 1 aromatic carbocycles. The second kappa shape index (κ2) is 6.16. The van der Waals surface area contributed by atoms with E-state index in [0.717, 1.165) is 12.0 Å². The van der Waals surface area contributed by atoms with Crippen LogP contribution in [-0.4, -0.2) is 17.7 Å². The smallest absolute Gasteiger partial charge is 0.308 e. The fraction of sp³-hybridized carbons (Fsp3) is 0.462. The van der Waals surface area contributed by atoms with E-state index in [1.807, 2.05) is 26.0 Å². The van der Waals surface area contributed by atoms with Crippen LogP contribution in [-0.2, 0) is 16.0 Å². The third-order valence-corrected chi connectivity index (χ3v) is 2.37. The van der Waals surface area contributed by atoms with Gasteiger partial charge in [0.25, 0.3) is 0 Å². The molecule has 0 aliphatic rings. The summed E-state index contributed by atoms with van der Waals surface area (Å²) in [4.78, 5) is 11.5. The zero-order valence-corrected chi connectivity index (χ0v) is 9.77. The molecular weight excluding hydrogens is 204 g/mol. The minimum atomic E-state index is -0.222. The van der Waals surface area contributed by atoms with E-state index in [-0.39, 0.29) is 17.6 Å². The maximum absolute atomic E-state index is 11.5. The van der Waals surface area contributed by atoms with Gasteiger partial charge in [0.15, 0.2) is 0 Å². The fourth-order valence-corrected chi connectivity index (χ4v) is 1.44. The number of ether oxygens (including phenoxy) is 1. The van der Waals surface area contributed by atoms with Crippen molar-refractivity contribution in [2.45, 2.75) is 26.7 Å². The summed E-state index contributed by atoms with van der Waals surface area (Å²) in [5.41, 5.74) is 0.781. The lowest BCUT2D eigenvalue weighted by molar-refractivity contribution is -0.147. The number of phenols is 1. The van der Waals surface area contributed by atoms with Crippen LogP contribution >= 0.6 is 0 Å². The molecule has 0 aromatic heterocycles. The predicted octanol–water partition coefficient (Wildman–Crippen LogP) is 2.52. The average molecular weight is 222 g/mol. The first-order valence-electron chi connectivity index (χ1n) is 5.58. The van der Waals surface area contributed by atoms with Crippen molar-refractivity contribution in [1.82, 2.24) is 0 Å². The molecule has 3 heteroatoms. The Morgan fingerprint density at radius 2 is 2.12 bits per heavy atom. The van der Waals surface area contributed by atoms with E-state index >= 15 is 0 Å². The van der Waals surface area contributed by atoms with Gasteiger partial charge in [-0.1, -0.05) is 32.0 Å². The summed E-state index contributed by atoms with van der Waals surface area (Å²) < 4.78 is 5.04. The zero-order chi connectivity index (χ0) is 12.0. The lowest BCUT2D eigenvalue weighted by Crippen LogP contribution is -2.17. The van der Waals surface area contributed by atoms with Crippen molar-refractivity contribution in [3.63, 3.8) is 0 Å². The molecule has 0 aliphatic carbocycles. The number of esters is 1. The van der Waals surface area contributed by atoms with Gasteiger partial charge in [0, 0.05) is 0 Å². The summed E-state index contributed by atoms with van der Waals surface area (Å²) in [6, 6.07) is 7.05. The van der Waals surface area contributed by atoms with Crippen LogP contribution in [0.2, 0.25) is 0 Å². The Hall–Kier alpha value is -1.51. The average Bonchev–Trinajstić information content (AvgIpc) is 2.28. The van der Waals surface area contributed by atoms with E-state index in [4.69, 9.17) is 4.74 Å².